The van der Waals surface area contributed by atoms with Gasteiger partial charge in [-0.15, -0.1) is 0 Å². The van der Waals surface area contributed by atoms with E-state index in [-0.39, 0.29) is 11.4 Å². The molecule has 2 rings (SSSR count). The van der Waals surface area contributed by atoms with Gasteiger partial charge in [-0.1, -0.05) is 0 Å². The minimum absolute atomic E-state index is 0.0323. The fourth-order valence-corrected chi connectivity index (χ4v) is 3.87. The molecule has 2 atom stereocenters. The Morgan fingerprint density at radius 1 is 1.50 bits per heavy atom. The molecule has 2 heterocycles. The van der Waals surface area contributed by atoms with Gasteiger partial charge >= 0.3 is 0 Å². The summed E-state index contributed by atoms with van der Waals surface area (Å²) in [6, 6.07) is 0. The average molecular weight is 277 g/mol. The van der Waals surface area contributed by atoms with E-state index in [1.165, 1.54) is 0 Å². The molecule has 0 saturated carbocycles. The molecule has 6 nitrogen and oxygen atoms in total. The van der Waals surface area contributed by atoms with E-state index in [4.69, 9.17) is 4.74 Å². The molecule has 0 amide bonds. The summed E-state index contributed by atoms with van der Waals surface area (Å²) in [5.41, 5.74) is 0. The Kier molecular flexibility index (Phi) is 4.97. The molecular weight excluding hydrogens is 254 g/mol. The van der Waals surface area contributed by atoms with Crippen LogP contribution in [0.15, 0.2) is 0 Å². The number of ether oxygens (including phenoxy) is 1. The number of nitrogens with zero attached hydrogens (tertiary/aromatic N) is 1. The van der Waals surface area contributed by atoms with Gasteiger partial charge in [0.2, 0.25) is 10.0 Å². The lowest BCUT2D eigenvalue weighted by Gasteiger charge is -2.31. The number of likely N-dealkylation sites (N-methyl/N-ethyl adjacent to an activating group) is 1. The van der Waals surface area contributed by atoms with Crippen LogP contribution in [-0.2, 0) is 14.8 Å². The van der Waals surface area contributed by atoms with Crippen LogP contribution in [0.5, 0.6) is 0 Å². The van der Waals surface area contributed by atoms with E-state index in [1.807, 2.05) is 7.05 Å². The molecule has 18 heavy (non-hydrogen) atoms. The van der Waals surface area contributed by atoms with Gasteiger partial charge in [0.1, 0.15) is 0 Å². The third-order valence-corrected chi connectivity index (χ3v) is 5.39. The van der Waals surface area contributed by atoms with E-state index in [0.29, 0.717) is 19.7 Å². The van der Waals surface area contributed by atoms with Crippen molar-refractivity contribution < 1.29 is 13.2 Å². The summed E-state index contributed by atoms with van der Waals surface area (Å²) in [4.78, 5) is 2.16. The Morgan fingerprint density at radius 2 is 2.33 bits per heavy atom. The van der Waals surface area contributed by atoms with Gasteiger partial charge in [-0.3, -0.25) is 0 Å². The lowest BCUT2D eigenvalue weighted by Crippen LogP contribution is -2.49. The van der Waals surface area contributed by atoms with E-state index in [1.54, 1.807) is 0 Å². The second-order valence-corrected chi connectivity index (χ2v) is 7.16. The zero-order valence-electron chi connectivity index (χ0n) is 10.9. The second-order valence-electron chi connectivity index (χ2n) is 5.12. The van der Waals surface area contributed by atoms with Crippen LogP contribution in [0.3, 0.4) is 0 Å². The van der Waals surface area contributed by atoms with Gasteiger partial charge in [0.05, 0.1) is 18.0 Å². The first-order valence-electron chi connectivity index (χ1n) is 6.57. The second kappa shape index (κ2) is 6.29. The van der Waals surface area contributed by atoms with Gasteiger partial charge in [-0.25, -0.2) is 13.1 Å². The first-order valence-corrected chi connectivity index (χ1v) is 8.12. The number of piperidine rings is 1. The highest BCUT2D eigenvalue weighted by Crippen LogP contribution is 2.11. The molecule has 0 aromatic carbocycles. The molecule has 106 valence electrons. The Labute approximate surface area is 109 Å². The van der Waals surface area contributed by atoms with Crippen LogP contribution in [0.25, 0.3) is 0 Å². The van der Waals surface area contributed by atoms with Crippen LogP contribution in [0.4, 0.5) is 0 Å². The molecular formula is C11H23N3O3S. The van der Waals surface area contributed by atoms with Crippen molar-refractivity contribution in [2.45, 2.75) is 24.2 Å². The molecule has 2 N–H and O–H groups in total. The van der Waals surface area contributed by atoms with Crippen LogP contribution >= 0.6 is 0 Å². The van der Waals surface area contributed by atoms with Gasteiger partial charge in [-0.2, -0.15) is 0 Å². The lowest BCUT2D eigenvalue weighted by molar-refractivity contribution is -0.0156. The lowest BCUT2D eigenvalue weighted by atomic mass is 10.2. The zero-order chi connectivity index (χ0) is 13.0. The van der Waals surface area contributed by atoms with Crippen molar-refractivity contribution >= 4 is 10.0 Å². The third-order valence-electron chi connectivity index (χ3n) is 3.54. The molecule has 2 fully saturated rings. The molecule has 0 aliphatic carbocycles. The van der Waals surface area contributed by atoms with E-state index < -0.39 is 10.0 Å². The standard InChI is InChI=1S/C11H23N3O3S/c1-14-5-6-17-10(9-14)7-13-18(15,16)11-3-2-4-12-8-11/h10-13H,2-9H2,1H3. The predicted molar refractivity (Wildman–Crippen MR) is 70.1 cm³/mol. The van der Waals surface area contributed by atoms with Crippen LogP contribution in [0.1, 0.15) is 12.8 Å². The maximum atomic E-state index is 12.1. The summed E-state index contributed by atoms with van der Waals surface area (Å²) in [6.07, 6.45) is 1.64. The molecule has 0 radical (unpaired) electrons. The maximum absolute atomic E-state index is 12.1. The molecule has 7 heteroatoms. The molecule has 2 aliphatic heterocycles. The molecule has 2 aliphatic rings. The van der Waals surface area contributed by atoms with Crippen molar-refractivity contribution in [2.24, 2.45) is 0 Å². The Bertz CT molecular complexity index is 355. The van der Waals surface area contributed by atoms with Crippen LogP contribution < -0.4 is 10.0 Å². The summed E-state index contributed by atoms with van der Waals surface area (Å²) < 4.78 is 32.4. The molecule has 0 aromatic rings. The summed E-state index contributed by atoms with van der Waals surface area (Å²) in [6.45, 7) is 4.22. The van der Waals surface area contributed by atoms with Crippen LogP contribution in [0, 0.1) is 0 Å². The largest absolute Gasteiger partial charge is 0.374 e. The molecule has 2 saturated heterocycles. The molecule has 0 spiro atoms. The SMILES string of the molecule is CN1CCOC(CNS(=O)(=O)C2CCCNC2)C1. The summed E-state index contributed by atoms with van der Waals surface area (Å²) in [7, 11) is -1.19. The fourth-order valence-electron chi connectivity index (χ4n) is 2.40. The maximum Gasteiger partial charge on any atom is 0.215 e. The number of rotatable bonds is 4. The van der Waals surface area contributed by atoms with Gasteiger partial charge in [0.15, 0.2) is 0 Å². The summed E-state index contributed by atoms with van der Waals surface area (Å²) in [5, 5.41) is 2.83. The van der Waals surface area contributed by atoms with E-state index in [2.05, 4.69) is 14.9 Å². The first kappa shape index (κ1) is 14.2. The monoisotopic (exact) mass is 277 g/mol. The quantitative estimate of drug-likeness (QED) is 0.689. The third kappa shape index (κ3) is 3.89. The van der Waals surface area contributed by atoms with Gasteiger partial charge < -0.3 is 15.0 Å². The number of hydrogen-bond acceptors (Lipinski definition) is 5. The van der Waals surface area contributed by atoms with Crippen LogP contribution in [0.2, 0.25) is 0 Å². The number of hydrogen-bond donors (Lipinski definition) is 2. The molecule has 0 aromatic heterocycles. The fraction of sp³-hybridized carbons (Fsp3) is 1.00. The van der Waals surface area contributed by atoms with Crippen molar-refractivity contribution in [3.05, 3.63) is 0 Å². The highest BCUT2D eigenvalue weighted by molar-refractivity contribution is 7.90. The molecule has 0 bridgehead atoms. The van der Waals surface area contributed by atoms with Gasteiger partial charge in [-0.05, 0) is 26.4 Å². The van der Waals surface area contributed by atoms with Crippen molar-refractivity contribution in [1.82, 2.24) is 14.9 Å². The Morgan fingerprint density at radius 3 is 3.00 bits per heavy atom. The Balaban J connectivity index is 1.80. The topological polar surface area (TPSA) is 70.7 Å². The van der Waals surface area contributed by atoms with E-state index in [9.17, 15) is 8.42 Å². The number of morpholine rings is 1. The van der Waals surface area contributed by atoms with Crippen LogP contribution in [-0.4, -0.2) is 71.0 Å². The normalized spacial score (nSPS) is 31.4. The predicted octanol–water partition coefficient (Wildman–Crippen LogP) is -1.01. The first-order chi connectivity index (χ1) is 8.58. The highest BCUT2D eigenvalue weighted by Gasteiger charge is 2.28. The number of sulfonamides is 1. The minimum atomic E-state index is -3.21. The highest BCUT2D eigenvalue weighted by atomic mass is 32.2. The van der Waals surface area contributed by atoms with E-state index >= 15 is 0 Å². The summed E-state index contributed by atoms with van der Waals surface area (Å²) in [5.74, 6) is 0. The van der Waals surface area contributed by atoms with Crippen molar-refractivity contribution in [3.8, 4) is 0 Å². The van der Waals surface area contributed by atoms with Crippen molar-refractivity contribution in [1.29, 1.82) is 0 Å². The molecule has 2 unspecified atom stereocenters. The van der Waals surface area contributed by atoms with Gasteiger partial charge in [0.25, 0.3) is 0 Å². The van der Waals surface area contributed by atoms with Gasteiger partial charge in [0, 0.05) is 26.2 Å². The number of nitrogens with one attached hydrogen (secondary N) is 2. The smallest absolute Gasteiger partial charge is 0.215 e. The minimum Gasteiger partial charge on any atom is -0.374 e. The van der Waals surface area contributed by atoms with Crippen molar-refractivity contribution in [2.75, 3.05) is 46.4 Å². The van der Waals surface area contributed by atoms with Crippen molar-refractivity contribution in [3.63, 3.8) is 0 Å². The zero-order valence-corrected chi connectivity index (χ0v) is 11.7. The Hall–Kier alpha value is -0.210. The van der Waals surface area contributed by atoms with E-state index in [0.717, 1.165) is 32.5 Å². The average Bonchev–Trinajstić information content (AvgIpc) is 2.38. The summed E-state index contributed by atoms with van der Waals surface area (Å²) >= 11 is 0.